The van der Waals surface area contributed by atoms with Crippen LogP contribution in [0.4, 0.5) is 0 Å². The van der Waals surface area contributed by atoms with Crippen molar-refractivity contribution in [3.63, 3.8) is 0 Å². The van der Waals surface area contributed by atoms with Crippen LogP contribution >= 0.6 is 0 Å². The third-order valence-corrected chi connectivity index (χ3v) is 6.69. The van der Waals surface area contributed by atoms with Gasteiger partial charge in [0.2, 0.25) is 15.9 Å². The molecule has 150 valence electrons. The van der Waals surface area contributed by atoms with Crippen molar-refractivity contribution in [1.82, 2.24) is 9.21 Å². The summed E-state index contributed by atoms with van der Waals surface area (Å²) < 4.78 is 33.0. The maximum absolute atomic E-state index is 13.2. The molecular formula is C21H26N2O4S. The van der Waals surface area contributed by atoms with Crippen molar-refractivity contribution in [2.75, 3.05) is 39.4 Å². The summed E-state index contributed by atoms with van der Waals surface area (Å²) in [4.78, 5) is 14.6. The molecule has 0 spiro atoms. The lowest BCUT2D eigenvalue weighted by Crippen LogP contribution is -2.47. The fourth-order valence-electron chi connectivity index (χ4n) is 3.11. The van der Waals surface area contributed by atoms with Gasteiger partial charge in [0.15, 0.2) is 0 Å². The molecule has 0 bridgehead atoms. The van der Waals surface area contributed by atoms with E-state index in [-0.39, 0.29) is 23.9 Å². The summed E-state index contributed by atoms with van der Waals surface area (Å²) in [5.74, 6) is -0.188. The summed E-state index contributed by atoms with van der Waals surface area (Å²) >= 11 is 0. The second-order valence-corrected chi connectivity index (χ2v) is 8.82. The molecule has 7 heteroatoms. The number of sulfonamides is 1. The Morgan fingerprint density at radius 3 is 2.32 bits per heavy atom. The van der Waals surface area contributed by atoms with Gasteiger partial charge in [-0.1, -0.05) is 48.0 Å². The van der Waals surface area contributed by atoms with Gasteiger partial charge in [-0.2, -0.15) is 4.31 Å². The number of nitrogens with zero attached hydrogens (tertiary/aromatic N) is 2. The number of carbonyl (C=O) groups excluding carboxylic acids is 1. The van der Waals surface area contributed by atoms with Crippen LogP contribution in [0.25, 0.3) is 0 Å². The predicted octanol–water partition coefficient (Wildman–Crippen LogP) is 2.09. The van der Waals surface area contributed by atoms with Gasteiger partial charge in [-0.05, 0) is 31.0 Å². The highest BCUT2D eigenvalue weighted by molar-refractivity contribution is 7.89. The molecule has 0 unspecified atom stereocenters. The molecule has 2 aromatic carbocycles. The zero-order chi connectivity index (χ0) is 20.0. The maximum Gasteiger partial charge on any atom is 0.243 e. The molecule has 1 fully saturated rings. The van der Waals surface area contributed by atoms with Crippen LogP contribution < -0.4 is 0 Å². The number of amides is 1. The fourth-order valence-corrected chi connectivity index (χ4v) is 4.50. The molecule has 0 N–H and O–H groups in total. The van der Waals surface area contributed by atoms with Gasteiger partial charge >= 0.3 is 0 Å². The van der Waals surface area contributed by atoms with Crippen molar-refractivity contribution in [2.24, 2.45) is 0 Å². The number of hydrogen-bond acceptors (Lipinski definition) is 4. The fraction of sp³-hybridized carbons (Fsp3) is 0.381. The van der Waals surface area contributed by atoms with Crippen molar-refractivity contribution >= 4 is 15.9 Å². The van der Waals surface area contributed by atoms with E-state index >= 15 is 0 Å². The first kappa shape index (κ1) is 20.5. The molecule has 0 radical (unpaired) electrons. The molecule has 1 amide bonds. The minimum Gasteiger partial charge on any atom is -0.378 e. The summed E-state index contributed by atoms with van der Waals surface area (Å²) in [7, 11) is -3.77. The Morgan fingerprint density at radius 1 is 1.04 bits per heavy atom. The Morgan fingerprint density at radius 2 is 1.68 bits per heavy atom. The third kappa shape index (κ3) is 5.19. The number of morpholine rings is 1. The van der Waals surface area contributed by atoms with E-state index in [1.807, 2.05) is 37.3 Å². The molecule has 1 saturated heterocycles. The lowest BCUT2D eigenvalue weighted by Gasteiger charge is -2.29. The molecule has 0 aromatic heterocycles. The van der Waals surface area contributed by atoms with E-state index < -0.39 is 10.0 Å². The molecule has 0 saturated carbocycles. The van der Waals surface area contributed by atoms with Crippen LogP contribution in [-0.4, -0.2) is 62.9 Å². The minimum atomic E-state index is -3.77. The van der Waals surface area contributed by atoms with Crippen LogP contribution in [0.2, 0.25) is 0 Å². The van der Waals surface area contributed by atoms with Crippen LogP contribution in [-0.2, 0) is 26.0 Å². The molecule has 0 atom stereocenters. The number of benzene rings is 2. The van der Waals surface area contributed by atoms with E-state index in [9.17, 15) is 13.2 Å². The molecule has 3 rings (SSSR count). The van der Waals surface area contributed by atoms with Gasteiger partial charge < -0.3 is 9.64 Å². The minimum absolute atomic E-state index is 0.164. The zero-order valence-corrected chi connectivity index (χ0v) is 16.9. The molecule has 0 aliphatic carbocycles. The Kier molecular flexibility index (Phi) is 6.83. The Balaban J connectivity index is 1.80. The monoisotopic (exact) mass is 402 g/mol. The Bertz CT molecular complexity index is 876. The normalized spacial score (nSPS) is 15.0. The van der Waals surface area contributed by atoms with Gasteiger partial charge in [-0.15, -0.1) is 0 Å². The summed E-state index contributed by atoms with van der Waals surface area (Å²) in [6.07, 6.45) is 0.544. The molecule has 2 aromatic rings. The van der Waals surface area contributed by atoms with Gasteiger partial charge in [0, 0.05) is 19.6 Å². The first-order valence-electron chi connectivity index (χ1n) is 9.43. The van der Waals surface area contributed by atoms with Gasteiger partial charge in [0.05, 0.1) is 24.7 Å². The van der Waals surface area contributed by atoms with Gasteiger partial charge in [-0.25, -0.2) is 8.42 Å². The molecule has 6 nitrogen and oxygen atoms in total. The van der Waals surface area contributed by atoms with Gasteiger partial charge in [-0.3, -0.25) is 4.79 Å². The van der Waals surface area contributed by atoms with Crippen LogP contribution in [0.3, 0.4) is 0 Å². The van der Waals surface area contributed by atoms with E-state index in [0.717, 1.165) is 11.1 Å². The van der Waals surface area contributed by atoms with Crippen LogP contribution in [0, 0.1) is 6.92 Å². The summed E-state index contributed by atoms with van der Waals surface area (Å²) in [5.41, 5.74) is 2.02. The SMILES string of the molecule is Cc1ccc(S(=O)(=O)N(CCc2ccccc2)CC(=O)N2CCOCC2)cc1. The highest BCUT2D eigenvalue weighted by Gasteiger charge is 2.28. The van der Waals surface area contributed by atoms with E-state index in [2.05, 4.69) is 0 Å². The maximum atomic E-state index is 13.2. The van der Waals surface area contributed by atoms with Crippen molar-refractivity contribution in [3.8, 4) is 0 Å². The second-order valence-electron chi connectivity index (χ2n) is 6.88. The van der Waals surface area contributed by atoms with Crippen molar-refractivity contribution in [2.45, 2.75) is 18.2 Å². The van der Waals surface area contributed by atoms with E-state index in [4.69, 9.17) is 4.74 Å². The largest absolute Gasteiger partial charge is 0.378 e. The van der Waals surface area contributed by atoms with E-state index in [1.165, 1.54) is 4.31 Å². The average molecular weight is 403 g/mol. The van der Waals surface area contributed by atoms with Crippen molar-refractivity contribution in [3.05, 3.63) is 65.7 Å². The first-order chi connectivity index (χ1) is 13.5. The number of hydrogen-bond donors (Lipinski definition) is 0. The van der Waals surface area contributed by atoms with Crippen LogP contribution in [0.15, 0.2) is 59.5 Å². The summed E-state index contributed by atoms with van der Waals surface area (Å²) in [5, 5.41) is 0. The number of ether oxygens (including phenoxy) is 1. The lowest BCUT2D eigenvalue weighted by atomic mass is 10.1. The standard InChI is InChI=1S/C21H26N2O4S/c1-18-7-9-20(10-8-18)28(25,26)23(12-11-19-5-3-2-4-6-19)17-21(24)22-13-15-27-16-14-22/h2-10H,11-17H2,1H3. The number of carbonyl (C=O) groups is 1. The summed E-state index contributed by atoms with van der Waals surface area (Å²) in [6.45, 7) is 3.96. The lowest BCUT2D eigenvalue weighted by molar-refractivity contribution is -0.135. The highest BCUT2D eigenvalue weighted by Crippen LogP contribution is 2.18. The summed E-state index contributed by atoms with van der Waals surface area (Å²) in [6, 6.07) is 16.4. The third-order valence-electron chi connectivity index (χ3n) is 4.83. The molecular weight excluding hydrogens is 376 g/mol. The number of aryl methyl sites for hydroxylation is 1. The second kappa shape index (κ2) is 9.32. The topological polar surface area (TPSA) is 66.9 Å². The van der Waals surface area contributed by atoms with Gasteiger partial charge in [0.1, 0.15) is 0 Å². The Labute approximate surface area is 166 Å². The smallest absolute Gasteiger partial charge is 0.243 e. The molecule has 1 heterocycles. The quantitative estimate of drug-likeness (QED) is 0.711. The molecule has 28 heavy (non-hydrogen) atoms. The van der Waals surface area contributed by atoms with Crippen LogP contribution in [0.5, 0.6) is 0 Å². The molecule has 1 aliphatic rings. The highest BCUT2D eigenvalue weighted by atomic mass is 32.2. The predicted molar refractivity (Wildman–Crippen MR) is 107 cm³/mol. The zero-order valence-electron chi connectivity index (χ0n) is 16.1. The van der Waals surface area contributed by atoms with Crippen molar-refractivity contribution < 1.29 is 17.9 Å². The van der Waals surface area contributed by atoms with E-state index in [0.29, 0.717) is 32.7 Å². The first-order valence-corrected chi connectivity index (χ1v) is 10.9. The van der Waals surface area contributed by atoms with Crippen molar-refractivity contribution in [1.29, 1.82) is 0 Å². The molecule has 1 aliphatic heterocycles. The van der Waals surface area contributed by atoms with Gasteiger partial charge in [0.25, 0.3) is 0 Å². The average Bonchev–Trinajstić information content (AvgIpc) is 2.72. The Hall–Kier alpha value is -2.22. The van der Waals surface area contributed by atoms with E-state index in [1.54, 1.807) is 29.2 Å². The number of rotatable bonds is 7. The van der Waals surface area contributed by atoms with Crippen LogP contribution in [0.1, 0.15) is 11.1 Å².